The van der Waals surface area contributed by atoms with Crippen molar-refractivity contribution in [3.63, 3.8) is 0 Å². The highest BCUT2D eigenvalue weighted by molar-refractivity contribution is 6.05. The van der Waals surface area contributed by atoms with Crippen LogP contribution in [0.4, 0.5) is 11.4 Å². The number of benzene rings is 2. The second-order valence-corrected chi connectivity index (χ2v) is 4.92. The molecule has 0 spiro atoms. The summed E-state index contributed by atoms with van der Waals surface area (Å²) in [5.74, 6) is -0.176. The minimum atomic E-state index is -0.240. The molecule has 0 radical (unpaired) electrons. The molecule has 0 aliphatic carbocycles. The summed E-state index contributed by atoms with van der Waals surface area (Å²) in [6, 6.07) is 12.4. The Morgan fingerprint density at radius 3 is 2.35 bits per heavy atom. The van der Waals surface area contributed by atoms with Crippen molar-refractivity contribution in [1.82, 2.24) is 0 Å². The fourth-order valence-corrected chi connectivity index (χ4v) is 1.86. The van der Waals surface area contributed by atoms with Crippen molar-refractivity contribution in [1.29, 1.82) is 0 Å². The third-order valence-corrected chi connectivity index (χ3v) is 3.05. The molecule has 0 fully saturated rings. The number of aryl methyl sites for hydroxylation is 1. The van der Waals surface area contributed by atoms with E-state index in [9.17, 15) is 9.90 Å². The van der Waals surface area contributed by atoms with Crippen molar-refractivity contribution in [2.75, 3.05) is 24.3 Å². The zero-order chi connectivity index (χ0) is 14.7. The van der Waals surface area contributed by atoms with Gasteiger partial charge in [0.15, 0.2) is 0 Å². The van der Waals surface area contributed by atoms with E-state index in [2.05, 4.69) is 5.32 Å². The average Bonchev–Trinajstić information content (AvgIpc) is 2.43. The number of anilines is 2. The van der Waals surface area contributed by atoms with Crippen LogP contribution >= 0.6 is 0 Å². The number of amides is 1. The highest BCUT2D eigenvalue weighted by Crippen LogP contribution is 2.24. The van der Waals surface area contributed by atoms with Crippen LogP contribution in [0.3, 0.4) is 0 Å². The third-order valence-electron chi connectivity index (χ3n) is 3.05. The van der Waals surface area contributed by atoms with Crippen molar-refractivity contribution in [2.45, 2.75) is 6.92 Å². The van der Waals surface area contributed by atoms with Gasteiger partial charge in [0.25, 0.3) is 5.91 Å². The van der Waals surface area contributed by atoms with Crippen LogP contribution in [0.1, 0.15) is 15.9 Å². The molecule has 0 saturated heterocycles. The van der Waals surface area contributed by atoms with Gasteiger partial charge in [-0.05, 0) is 48.9 Å². The van der Waals surface area contributed by atoms with Crippen LogP contribution in [0.25, 0.3) is 0 Å². The number of nitrogens with one attached hydrogen (secondary N) is 1. The number of aromatic hydroxyl groups is 1. The van der Waals surface area contributed by atoms with E-state index in [-0.39, 0.29) is 11.7 Å². The fraction of sp³-hybridized carbons (Fsp3) is 0.188. The van der Waals surface area contributed by atoms with Crippen molar-refractivity contribution in [3.8, 4) is 5.75 Å². The Labute approximate surface area is 118 Å². The Morgan fingerprint density at radius 2 is 1.75 bits per heavy atom. The maximum atomic E-state index is 12.1. The predicted molar refractivity (Wildman–Crippen MR) is 81.6 cm³/mol. The van der Waals surface area contributed by atoms with Crippen LogP contribution in [-0.2, 0) is 0 Å². The Hall–Kier alpha value is -2.49. The fourth-order valence-electron chi connectivity index (χ4n) is 1.86. The molecule has 4 nitrogen and oxygen atoms in total. The van der Waals surface area contributed by atoms with Gasteiger partial charge >= 0.3 is 0 Å². The summed E-state index contributed by atoms with van der Waals surface area (Å²) in [7, 11) is 3.89. The van der Waals surface area contributed by atoms with E-state index in [0.717, 1.165) is 11.3 Å². The largest absolute Gasteiger partial charge is 0.506 e. The number of carbonyl (C=O) groups excluding carboxylic acids is 1. The number of phenols is 1. The molecule has 4 heteroatoms. The van der Waals surface area contributed by atoms with Gasteiger partial charge in [0.05, 0.1) is 5.69 Å². The quantitative estimate of drug-likeness (QED) is 0.843. The van der Waals surface area contributed by atoms with Crippen LogP contribution in [0, 0.1) is 6.92 Å². The summed E-state index contributed by atoms with van der Waals surface area (Å²) in [4.78, 5) is 14.1. The second kappa shape index (κ2) is 5.65. The van der Waals surface area contributed by atoms with Gasteiger partial charge in [-0.2, -0.15) is 0 Å². The van der Waals surface area contributed by atoms with Gasteiger partial charge < -0.3 is 15.3 Å². The van der Waals surface area contributed by atoms with Gasteiger partial charge in [-0.3, -0.25) is 4.79 Å². The standard InChI is InChI=1S/C16H18N2O2/c1-11-4-9-15(19)14(10-11)17-16(20)12-5-7-13(8-6-12)18(2)3/h4-10,19H,1-3H3,(H,17,20). The second-order valence-electron chi connectivity index (χ2n) is 4.92. The minimum absolute atomic E-state index is 0.0638. The lowest BCUT2D eigenvalue weighted by Crippen LogP contribution is -2.13. The molecule has 0 aliphatic rings. The van der Waals surface area contributed by atoms with Gasteiger partial charge in [-0.1, -0.05) is 6.07 Å². The van der Waals surface area contributed by atoms with E-state index in [1.54, 1.807) is 30.3 Å². The van der Waals surface area contributed by atoms with Crippen LogP contribution in [-0.4, -0.2) is 25.1 Å². The number of hydrogen-bond donors (Lipinski definition) is 2. The highest BCUT2D eigenvalue weighted by Gasteiger charge is 2.09. The lowest BCUT2D eigenvalue weighted by atomic mass is 10.1. The summed E-state index contributed by atoms with van der Waals surface area (Å²) >= 11 is 0. The Morgan fingerprint density at radius 1 is 1.10 bits per heavy atom. The normalized spacial score (nSPS) is 10.2. The monoisotopic (exact) mass is 270 g/mol. The van der Waals surface area contributed by atoms with Crippen molar-refractivity contribution >= 4 is 17.3 Å². The maximum absolute atomic E-state index is 12.1. The Balaban J connectivity index is 2.17. The van der Waals surface area contributed by atoms with Gasteiger partial charge in [-0.25, -0.2) is 0 Å². The molecule has 0 atom stereocenters. The average molecular weight is 270 g/mol. The molecule has 0 unspecified atom stereocenters. The number of hydrogen-bond acceptors (Lipinski definition) is 3. The highest BCUT2D eigenvalue weighted by atomic mass is 16.3. The summed E-state index contributed by atoms with van der Waals surface area (Å²) in [5, 5.41) is 12.4. The molecule has 0 aromatic heterocycles. The maximum Gasteiger partial charge on any atom is 0.255 e. The molecule has 2 aromatic rings. The van der Waals surface area contributed by atoms with Crippen LogP contribution in [0.2, 0.25) is 0 Å². The van der Waals surface area contributed by atoms with E-state index in [4.69, 9.17) is 0 Å². The van der Waals surface area contributed by atoms with E-state index >= 15 is 0 Å². The minimum Gasteiger partial charge on any atom is -0.506 e. The zero-order valence-corrected chi connectivity index (χ0v) is 11.8. The molecule has 0 aliphatic heterocycles. The molecule has 0 saturated carbocycles. The summed E-state index contributed by atoms with van der Waals surface area (Å²) < 4.78 is 0. The molecular formula is C16H18N2O2. The van der Waals surface area contributed by atoms with Crippen LogP contribution < -0.4 is 10.2 Å². The first-order valence-corrected chi connectivity index (χ1v) is 6.36. The summed E-state index contributed by atoms with van der Waals surface area (Å²) in [6.07, 6.45) is 0. The van der Waals surface area contributed by atoms with Crippen molar-refractivity contribution in [2.24, 2.45) is 0 Å². The molecule has 2 rings (SSSR count). The number of carbonyl (C=O) groups is 1. The van der Waals surface area contributed by atoms with Gasteiger partial charge in [0.1, 0.15) is 5.75 Å². The molecular weight excluding hydrogens is 252 g/mol. The molecule has 104 valence electrons. The lowest BCUT2D eigenvalue weighted by molar-refractivity contribution is 0.102. The van der Waals surface area contributed by atoms with E-state index in [1.165, 1.54) is 0 Å². The number of nitrogens with zero attached hydrogens (tertiary/aromatic N) is 1. The first kappa shape index (κ1) is 13.9. The smallest absolute Gasteiger partial charge is 0.255 e. The van der Waals surface area contributed by atoms with Gasteiger partial charge in [0, 0.05) is 25.3 Å². The Bertz CT molecular complexity index is 619. The zero-order valence-electron chi connectivity index (χ0n) is 11.8. The van der Waals surface area contributed by atoms with E-state index < -0.39 is 0 Å². The lowest BCUT2D eigenvalue weighted by Gasteiger charge is -2.13. The summed E-state index contributed by atoms with van der Waals surface area (Å²) in [5.41, 5.74) is 2.98. The molecule has 2 aromatic carbocycles. The predicted octanol–water partition coefficient (Wildman–Crippen LogP) is 3.02. The first-order chi connectivity index (χ1) is 9.47. The first-order valence-electron chi connectivity index (χ1n) is 6.36. The molecule has 1 amide bonds. The van der Waals surface area contributed by atoms with Crippen molar-refractivity contribution < 1.29 is 9.90 Å². The Kier molecular flexibility index (Phi) is 3.94. The van der Waals surface area contributed by atoms with Gasteiger partial charge in [0.2, 0.25) is 0 Å². The number of rotatable bonds is 3. The van der Waals surface area contributed by atoms with Crippen LogP contribution in [0.15, 0.2) is 42.5 Å². The molecule has 2 N–H and O–H groups in total. The van der Waals surface area contributed by atoms with Gasteiger partial charge in [-0.15, -0.1) is 0 Å². The molecule has 0 bridgehead atoms. The van der Waals surface area contributed by atoms with E-state index in [0.29, 0.717) is 11.3 Å². The summed E-state index contributed by atoms with van der Waals surface area (Å²) in [6.45, 7) is 1.90. The van der Waals surface area contributed by atoms with Crippen LogP contribution in [0.5, 0.6) is 5.75 Å². The molecule has 20 heavy (non-hydrogen) atoms. The van der Waals surface area contributed by atoms with Crippen molar-refractivity contribution in [3.05, 3.63) is 53.6 Å². The SMILES string of the molecule is Cc1ccc(O)c(NC(=O)c2ccc(N(C)C)cc2)c1. The third kappa shape index (κ3) is 3.09. The van der Waals surface area contributed by atoms with E-state index in [1.807, 2.05) is 38.1 Å². The molecule has 0 heterocycles. The number of phenolic OH excluding ortho intramolecular Hbond substituents is 1. The topological polar surface area (TPSA) is 52.6 Å².